The van der Waals surface area contributed by atoms with Crippen LogP contribution in [0.3, 0.4) is 0 Å². The summed E-state index contributed by atoms with van der Waals surface area (Å²) in [6.45, 7) is 18.4. The molecule has 0 saturated carbocycles. The summed E-state index contributed by atoms with van der Waals surface area (Å²) in [5.74, 6) is 0. The van der Waals surface area contributed by atoms with Crippen LogP contribution in [-0.2, 0) is 20.4 Å². The zero-order valence-electron chi connectivity index (χ0n) is 19.9. The van der Waals surface area contributed by atoms with Crippen LogP contribution in [0.2, 0.25) is 3.72 Å². The first-order chi connectivity index (χ1) is 13.1. The summed E-state index contributed by atoms with van der Waals surface area (Å²) in [6, 6.07) is 14.3. The minimum Gasteiger partial charge on any atom is -1.00 e. The average molecular weight is 528 g/mol. The van der Waals surface area contributed by atoms with Crippen molar-refractivity contribution in [3.05, 3.63) is 86.5 Å². The Bertz CT molecular complexity index is 963. The van der Waals surface area contributed by atoms with Gasteiger partial charge in [-0.25, -0.2) is 0 Å². The maximum absolute atomic E-state index is 2.51. The number of aryl methyl sites for hydroxylation is 4. The van der Waals surface area contributed by atoms with Gasteiger partial charge in [0.15, 0.2) is 0 Å². The summed E-state index contributed by atoms with van der Waals surface area (Å²) in [5.41, 5.74) is 13.9. The average Bonchev–Trinajstić information content (AvgIpc) is 2.76. The molecule has 0 radical (unpaired) electrons. The molecule has 0 aliphatic heterocycles. The molecule has 2 aromatic carbocycles. The van der Waals surface area contributed by atoms with E-state index in [0.29, 0.717) is 5.54 Å². The van der Waals surface area contributed by atoms with Crippen LogP contribution in [0.5, 0.6) is 0 Å². The molecule has 1 aliphatic rings. The fourth-order valence-corrected chi connectivity index (χ4v) is 9.35. The van der Waals surface area contributed by atoms with Crippen molar-refractivity contribution in [2.75, 3.05) is 0 Å². The number of rotatable bonds is 4. The van der Waals surface area contributed by atoms with Gasteiger partial charge in [0.1, 0.15) is 0 Å². The van der Waals surface area contributed by atoms with Crippen LogP contribution in [0, 0.1) is 27.7 Å². The summed E-state index contributed by atoms with van der Waals surface area (Å²) in [7, 11) is -0.536. The molecule has 5 heteroatoms. The number of allylic oxidation sites excluding steroid dienone is 4. The second-order valence-electron chi connectivity index (χ2n) is 8.92. The molecule has 0 heterocycles. The molecule has 2 aromatic rings. The molecule has 0 amide bonds. The summed E-state index contributed by atoms with van der Waals surface area (Å²) >= 11 is 2.51. The SMILES string of the molecule is CC1=C(C)[C]([Ti+3])(C([SiH2]c2cc(C)cc(C)c2)c2ccc(C)cc2C)C(C)=C1C.[Cl-].[Cl-].[Cl-]. The predicted molar refractivity (Wildman–Crippen MR) is 122 cm³/mol. The first-order valence-corrected chi connectivity index (χ1v) is 12.6. The van der Waals surface area contributed by atoms with E-state index in [1.807, 2.05) is 0 Å². The van der Waals surface area contributed by atoms with Gasteiger partial charge in [-0.1, -0.05) is 0 Å². The molecule has 0 nitrogen and oxygen atoms in total. The van der Waals surface area contributed by atoms with E-state index in [1.54, 1.807) is 21.9 Å². The number of hydrogen-bond donors (Lipinski definition) is 0. The third-order valence-corrected chi connectivity index (χ3v) is 11.6. The first kappa shape index (κ1) is 30.7. The van der Waals surface area contributed by atoms with Gasteiger partial charge in [-0.2, -0.15) is 0 Å². The maximum Gasteiger partial charge on any atom is -1.00 e. The smallest absolute Gasteiger partial charge is 1.00 e. The quantitative estimate of drug-likeness (QED) is 0.369. The molecule has 0 spiro atoms. The van der Waals surface area contributed by atoms with E-state index in [-0.39, 0.29) is 40.9 Å². The van der Waals surface area contributed by atoms with Gasteiger partial charge in [0, 0.05) is 0 Å². The van der Waals surface area contributed by atoms with Crippen molar-refractivity contribution < 1.29 is 57.7 Å². The van der Waals surface area contributed by atoms with Crippen molar-refractivity contribution >= 4 is 14.7 Å². The van der Waals surface area contributed by atoms with Gasteiger partial charge in [0.05, 0.1) is 0 Å². The van der Waals surface area contributed by atoms with Crippen LogP contribution in [-0.4, -0.2) is 9.52 Å². The standard InChI is InChI=1S/C26H33Si.3ClH.Ti/c1-15-9-10-24(18(4)12-15)26(25-21(7)19(5)20(6)22(25)8)27-23-13-16(2)11-17(3)14-23;;;;/h9-14,26H,27H2,1-8H3;3*1H;/q;;;;+3/p-3. The van der Waals surface area contributed by atoms with Crippen molar-refractivity contribution in [1.82, 2.24) is 0 Å². The van der Waals surface area contributed by atoms with Crippen LogP contribution in [0.25, 0.3) is 0 Å². The zero-order valence-corrected chi connectivity index (χ0v) is 25.1. The van der Waals surface area contributed by atoms with Crippen molar-refractivity contribution in [3.8, 4) is 0 Å². The van der Waals surface area contributed by atoms with E-state index in [9.17, 15) is 0 Å². The normalized spacial score (nSPS) is 16.2. The molecule has 0 bridgehead atoms. The Hall–Kier alpha value is -0.279. The monoisotopic (exact) mass is 526 g/mol. The summed E-state index contributed by atoms with van der Waals surface area (Å²) in [4.78, 5) is 0. The van der Waals surface area contributed by atoms with Crippen LogP contribution in [0.15, 0.2) is 58.7 Å². The molecule has 0 aromatic heterocycles. The van der Waals surface area contributed by atoms with Gasteiger partial charge < -0.3 is 37.2 Å². The van der Waals surface area contributed by atoms with E-state index >= 15 is 0 Å². The summed E-state index contributed by atoms with van der Waals surface area (Å²) in [6.07, 6.45) is 0. The number of benzene rings is 2. The number of hydrogen-bond acceptors (Lipinski definition) is 0. The fourth-order valence-electron chi connectivity index (χ4n) is 5.09. The van der Waals surface area contributed by atoms with Crippen LogP contribution < -0.4 is 42.4 Å². The van der Waals surface area contributed by atoms with E-state index in [1.165, 1.54) is 33.4 Å². The fraction of sp³-hybridized carbons (Fsp3) is 0.385. The molecule has 166 valence electrons. The van der Waals surface area contributed by atoms with Gasteiger partial charge in [-0.3, -0.25) is 0 Å². The Kier molecular flexibility index (Phi) is 11.6. The van der Waals surface area contributed by atoms with Crippen molar-refractivity contribution in [3.63, 3.8) is 0 Å². The van der Waals surface area contributed by atoms with E-state index in [0.717, 1.165) is 0 Å². The van der Waals surface area contributed by atoms with E-state index in [2.05, 4.69) is 112 Å². The third kappa shape index (κ3) is 5.81. The van der Waals surface area contributed by atoms with Crippen molar-refractivity contribution in [2.45, 2.75) is 64.7 Å². The summed E-state index contributed by atoms with van der Waals surface area (Å²) in [5, 5.41) is 1.59. The molecule has 1 unspecified atom stereocenters. The van der Waals surface area contributed by atoms with Crippen LogP contribution in [0.4, 0.5) is 0 Å². The Morgan fingerprint density at radius 1 is 0.677 bits per heavy atom. The van der Waals surface area contributed by atoms with Gasteiger partial charge in [-0.15, -0.1) is 0 Å². The van der Waals surface area contributed by atoms with Crippen LogP contribution >= 0.6 is 0 Å². The Morgan fingerprint density at radius 3 is 1.61 bits per heavy atom. The Balaban J connectivity index is 0.00000300. The van der Waals surface area contributed by atoms with E-state index < -0.39 is 9.52 Å². The Labute approximate surface area is 222 Å². The zero-order chi connectivity index (χ0) is 20.8. The molecular weight excluding hydrogens is 495 g/mol. The maximum atomic E-state index is 2.51. The molecule has 31 heavy (non-hydrogen) atoms. The second kappa shape index (κ2) is 11.7. The topological polar surface area (TPSA) is 0 Å². The van der Waals surface area contributed by atoms with E-state index in [4.69, 9.17) is 0 Å². The molecule has 0 saturated heterocycles. The minimum atomic E-state index is -0.536. The molecule has 1 aliphatic carbocycles. The van der Waals surface area contributed by atoms with Gasteiger partial charge in [0.2, 0.25) is 0 Å². The largest absolute Gasteiger partial charge is 1.00 e. The van der Waals surface area contributed by atoms with Crippen LogP contribution in [0.1, 0.15) is 61.1 Å². The first-order valence-electron chi connectivity index (χ1n) is 10.3. The second-order valence-corrected chi connectivity index (χ2v) is 12.2. The van der Waals surface area contributed by atoms with Crippen molar-refractivity contribution in [2.24, 2.45) is 0 Å². The predicted octanol–water partition coefficient (Wildman–Crippen LogP) is -3.14. The molecule has 1 atom stereocenters. The number of halogens is 3. The molecular formula is C26H33Cl3SiTi. The Morgan fingerprint density at radius 2 is 1.16 bits per heavy atom. The molecule has 0 N–H and O–H groups in total. The van der Waals surface area contributed by atoms with Gasteiger partial charge in [-0.05, 0) is 0 Å². The molecule has 0 fully saturated rings. The summed E-state index contributed by atoms with van der Waals surface area (Å²) < 4.78 is 0.123. The van der Waals surface area contributed by atoms with Crippen molar-refractivity contribution in [1.29, 1.82) is 0 Å². The third-order valence-electron chi connectivity index (χ3n) is 6.92. The molecule has 3 rings (SSSR count). The van der Waals surface area contributed by atoms with Gasteiger partial charge >= 0.3 is 186 Å². The van der Waals surface area contributed by atoms with Gasteiger partial charge in [0.25, 0.3) is 0 Å². The minimum absolute atomic E-state index is 0.